The Morgan fingerprint density at radius 2 is 1.78 bits per heavy atom. The van der Waals surface area contributed by atoms with E-state index in [1.165, 1.54) is 0 Å². The molecule has 0 heterocycles. The van der Waals surface area contributed by atoms with Gasteiger partial charge in [0.1, 0.15) is 12.2 Å². The summed E-state index contributed by atoms with van der Waals surface area (Å²) in [7, 11) is 0. The van der Waals surface area contributed by atoms with Gasteiger partial charge < -0.3 is 14.9 Å². The van der Waals surface area contributed by atoms with Crippen molar-refractivity contribution in [1.29, 1.82) is 0 Å². The smallest absolute Gasteiger partial charge is 0.128 e. The summed E-state index contributed by atoms with van der Waals surface area (Å²) >= 11 is 0. The second-order valence-corrected chi connectivity index (χ2v) is 4.76. The molecule has 0 saturated carbocycles. The van der Waals surface area contributed by atoms with Crippen LogP contribution in [0.1, 0.15) is 13.3 Å². The molecule has 98 valence electrons. The van der Waals surface area contributed by atoms with E-state index in [1.807, 2.05) is 31.2 Å². The summed E-state index contributed by atoms with van der Waals surface area (Å²) in [6.07, 6.45) is 14.5. The fourth-order valence-electron chi connectivity index (χ4n) is 2.37. The molecule has 0 aromatic rings. The van der Waals surface area contributed by atoms with Crippen molar-refractivity contribution in [3.05, 3.63) is 48.8 Å². The minimum absolute atomic E-state index is 0.190. The minimum Gasteiger partial charge on any atom is -0.495 e. The van der Waals surface area contributed by atoms with Gasteiger partial charge in [-0.05, 0) is 19.3 Å². The molecule has 2 rings (SSSR count). The van der Waals surface area contributed by atoms with E-state index in [1.54, 1.807) is 24.5 Å². The molecule has 2 aliphatic rings. The molecule has 2 aliphatic carbocycles. The summed E-state index contributed by atoms with van der Waals surface area (Å²) in [5.41, 5.74) is 0. The lowest BCUT2D eigenvalue weighted by molar-refractivity contribution is 0.0145. The van der Waals surface area contributed by atoms with Crippen LogP contribution in [0, 0.1) is 11.8 Å². The van der Waals surface area contributed by atoms with Gasteiger partial charge in [-0.3, -0.25) is 0 Å². The molecule has 3 heteroatoms. The molecule has 0 spiro atoms. The van der Waals surface area contributed by atoms with E-state index >= 15 is 0 Å². The highest BCUT2D eigenvalue weighted by atomic mass is 16.5. The van der Waals surface area contributed by atoms with Crippen molar-refractivity contribution in [1.82, 2.24) is 0 Å². The van der Waals surface area contributed by atoms with Gasteiger partial charge in [0.05, 0.1) is 12.4 Å². The zero-order valence-electron chi connectivity index (χ0n) is 10.5. The fraction of sp³-hybridized carbons (Fsp3) is 0.467. The number of rotatable bonds is 3. The molecular weight excluding hydrogens is 228 g/mol. The third kappa shape index (κ3) is 3.12. The molecule has 3 atom stereocenters. The molecule has 0 saturated heterocycles. The fourth-order valence-corrected chi connectivity index (χ4v) is 2.37. The van der Waals surface area contributed by atoms with Crippen LogP contribution in [0.5, 0.6) is 0 Å². The van der Waals surface area contributed by atoms with Crippen molar-refractivity contribution in [2.24, 2.45) is 11.8 Å². The number of aliphatic hydroxyl groups is 2. The lowest BCUT2D eigenvalue weighted by atomic mass is 9.80. The Balaban J connectivity index is 2.00. The highest BCUT2D eigenvalue weighted by Crippen LogP contribution is 2.30. The van der Waals surface area contributed by atoms with Crippen LogP contribution in [-0.4, -0.2) is 28.5 Å². The molecule has 3 unspecified atom stereocenters. The molecular formula is C15H20O3. The van der Waals surface area contributed by atoms with Gasteiger partial charge in [0.2, 0.25) is 0 Å². The standard InChI is InChI=1S/C15H20O3/c1-2-9-18-15-10-12(5-8-14(15)17)11-3-6-13(16)7-4-11/h2-9,11-17H,10H2,1H3/b9-2+. The maximum absolute atomic E-state index is 9.83. The number of aliphatic hydroxyl groups excluding tert-OH is 2. The van der Waals surface area contributed by atoms with E-state index in [0.717, 1.165) is 6.42 Å². The molecule has 0 bridgehead atoms. The maximum Gasteiger partial charge on any atom is 0.128 e. The molecule has 18 heavy (non-hydrogen) atoms. The molecule has 0 radical (unpaired) electrons. The van der Waals surface area contributed by atoms with Crippen LogP contribution in [0.3, 0.4) is 0 Å². The van der Waals surface area contributed by atoms with Crippen LogP contribution in [0.4, 0.5) is 0 Å². The van der Waals surface area contributed by atoms with Gasteiger partial charge in [0.15, 0.2) is 0 Å². The van der Waals surface area contributed by atoms with Gasteiger partial charge in [0, 0.05) is 5.92 Å². The van der Waals surface area contributed by atoms with E-state index in [-0.39, 0.29) is 12.0 Å². The third-order valence-corrected chi connectivity index (χ3v) is 3.39. The van der Waals surface area contributed by atoms with E-state index in [2.05, 4.69) is 0 Å². The van der Waals surface area contributed by atoms with E-state index in [4.69, 9.17) is 4.74 Å². The SMILES string of the molecule is C/C=C/OC1CC(C2C=CC(O)C=C2)C=CC1O. The van der Waals surface area contributed by atoms with Crippen LogP contribution >= 0.6 is 0 Å². The Bertz CT molecular complexity index is 367. The lowest BCUT2D eigenvalue weighted by Crippen LogP contribution is -2.33. The minimum atomic E-state index is -0.542. The summed E-state index contributed by atoms with van der Waals surface area (Å²) < 4.78 is 5.51. The highest BCUT2D eigenvalue weighted by molar-refractivity contribution is 5.19. The van der Waals surface area contributed by atoms with Crippen LogP contribution < -0.4 is 0 Å². The summed E-state index contributed by atoms with van der Waals surface area (Å²) in [4.78, 5) is 0. The van der Waals surface area contributed by atoms with Gasteiger partial charge >= 0.3 is 0 Å². The summed E-state index contributed by atoms with van der Waals surface area (Å²) in [6.45, 7) is 1.89. The maximum atomic E-state index is 9.83. The van der Waals surface area contributed by atoms with Crippen LogP contribution in [0.15, 0.2) is 48.8 Å². The Kier molecular flexibility index (Phi) is 4.39. The van der Waals surface area contributed by atoms with Gasteiger partial charge in [-0.1, -0.05) is 42.5 Å². The Labute approximate surface area is 108 Å². The lowest BCUT2D eigenvalue weighted by Gasteiger charge is -2.31. The van der Waals surface area contributed by atoms with E-state index in [0.29, 0.717) is 5.92 Å². The molecule has 0 aromatic heterocycles. The normalized spacial score (nSPS) is 39.4. The summed E-state index contributed by atoms with van der Waals surface area (Å²) in [6, 6.07) is 0. The molecule has 3 nitrogen and oxygen atoms in total. The third-order valence-electron chi connectivity index (χ3n) is 3.39. The van der Waals surface area contributed by atoms with Crippen molar-refractivity contribution in [2.75, 3.05) is 0 Å². The molecule has 0 fully saturated rings. The second kappa shape index (κ2) is 6.03. The van der Waals surface area contributed by atoms with Crippen LogP contribution in [-0.2, 0) is 4.74 Å². The topological polar surface area (TPSA) is 49.7 Å². The molecule has 2 N–H and O–H groups in total. The first-order valence-corrected chi connectivity index (χ1v) is 6.38. The molecule has 0 amide bonds. The summed E-state index contributed by atoms with van der Waals surface area (Å²) in [5, 5.41) is 19.2. The Morgan fingerprint density at radius 3 is 2.44 bits per heavy atom. The van der Waals surface area contributed by atoms with Crippen molar-refractivity contribution >= 4 is 0 Å². The second-order valence-electron chi connectivity index (χ2n) is 4.76. The monoisotopic (exact) mass is 248 g/mol. The Hall–Kier alpha value is -1.32. The predicted octanol–water partition coefficient (Wildman–Crippen LogP) is 1.95. The number of hydrogen-bond donors (Lipinski definition) is 2. The number of hydrogen-bond acceptors (Lipinski definition) is 3. The Morgan fingerprint density at radius 1 is 1.06 bits per heavy atom. The average molecular weight is 248 g/mol. The number of allylic oxidation sites excluding steroid dienone is 4. The first kappa shape index (κ1) is 13.1. The average Bonchev–Trinajstić information content (AvgIpc) is 2.39. The van der Waals surface area contributed by atoms with E-state index < -0.39 is 12.2 Å². The zero-order chi connectivity index (χ0) is 13.0. The molecule has 0 aromatic carbocycles. The number of ether oxygens (including phenoxy) is 1. The van der Waals surface area contributed by atoms with E-state index in [9.17, 15) is 10.2 Å². The van der Waals surface area contributed by atoms with Crippen molar-refractivity contribution in [3.8, 4) is 0 Å². The highest BCUT2D eigenvalue weighted by Gasteiger charge is 2.29. The molecule has 0 aliphatic heterocycles. The predicted molar refractivity (Wildman–Crippen MR) is 70.7 cm³/mol. The van der Waals surface area contributed by atoms with Crippen molar-refractivity contribution in [2.45, 2.75) is 31.7 Å². The quantitative estimate of drug-likeness (QED) is 0.593. The van der Waals surface area contributed by atoms with Crippen LogP contribution in [0.2, 0.25) is 0 Å². The van der Waals surface area contributed by atoms with Crippen LogP contribution in [0.25, 0.3) is 0 Å². The zero-order valence-corrected chi connectivity index (χ0v) is 10.5. The first-order chi connectivity index (χ1) is 8.70. The summed E-state index contributed by atoms with van der Waals surface area (Å²) in [5.74, 6) is 0.581. The van der Waals surface area contributed by atoms with Gasteiger partial charge in [-0.25, -0.2) is 0 Å². The largest absolute Gasteiger partial charge is 0.495 e. The first-order valence-electron chi connectivity index (χ1n) is 6.38. The van der Waals surface area contributed by atoms with Crippen molar-refractivity contribution in [3.63, 3.8) is 0 Å². The van der Waals surface area contributed by atoms with Gasteiger partial charge in [-0.2, -0.15) is 0 Å². The van der Waals surface area contributed by atoms with Gasteiger partial charge in [-0.15, -0.1) is 0 Å². The van der Waals surface area contributed by atoms with Crippen molar-refractivity contribution < 1.29 is 14.9 Å². The van der Waals surface area contributed by atoms with Gasteiger partial charge in [0.25, 0.3) is 0 Å².